The lowest BCUT2D eigenvalue weighted by Crippen LogP contribution is -2.27. The van der Waals surface area contributed by atoms with Crippen LogP contribution in [0.25, 0.3) is 0 Å². The summed E-state index contributed by atoms with van der Waals surface area (Å²) in [5, 5.41) is 0. The van der Waals surface area contributed by atoms with E-state index in [1.165, 1.54) is 12.1 Å². The fourth-order valence-electron chi connectivity index (χ4n) is 1.86. The summed E-state index contributed by atoms with van der Waals surface area (Å²) in [7, 11) is 1.77. The predicted octanol–water partition coefficient (Wildman–Crippen LogP) is 3.79. The summed E-state index contributed by atoms with van der Waals surface area (Å²) >= 11 is 3.38. The summed E-state index contributed by atoms with van der Waals surface area (Å²) in [4.78, 5) is 13.8. The number of nitrogens with zero attached hydrogens (tertiary/aromatic N) is 1. The summed E-state index contributed by atoms with van der Waals surface area (Å²) in [6, 6.07) is 13.9. The smallest absolute Gasteiger partial charge is 0.227 e. The fraction of sp³-hybridized carbons (Fsp3) is 0.188. The van der Waals surface area contributed by atoms with Gasteiger partial charge in [-0.25, -0.2) is 4.39 Å². The number of rotatable bonds is 4. The Balaban J connectivity index is 1.94. The molecule has 20 heavy (non-hydrogen) atoms. The molecule has 4 heteroatoms. The van der Waals surface area contributed by atoms with E-state index in [1.807, 2.05) is 24.3 Å². The lowest BCUT2D eigenvalue weighted by Gasteiger charge is -2.17. The second-order valence-corrected chi connectivity index (χ2v) is 5.60. The molecule has 2 rings (SSSR count). The van der Waals surface area contributed by atoms with Crippen LogP contribution < -0.4 is 0 Å². The van der Waals surface area contributed by atoms with Crippen LogP contribution >= 0.6 is 15.9 Å². The van der Waals surface area contributed by atoms with Crippen LogP contribution in [0.2, 0.25) is 0 Å². The molecule has 0 atom stereocenters. The Morgan fingerprint density at radius 2 is 1.60 bits per heavy atom. The number of carbonyl (C=O) groups excluding carboxylic acids is 1. The SMILES string of the molecule is CN(Cc1ccc(Br)cc1)C(=O)Cc1ccc(F)cc1. The summed E-state index contributed by atoms with van der Waals surface area (Å²) in [5.74, 6) is -0.274. The summed E-state index contributed by atoms with van der Waals surface area (Å²) in [6.07, 6.45) is 0.285. The number of halogens is 2. The minimum absolute atomic E-state index is 0.0135. The van der Waals surface area contributed by atoms with Gasteiger partial charge in [0.05, 0.1) is 6.42 Å². The maximum atomic E-state index is 12.8. The van der Waals surface area contributed by atoms with Gasteiger partial charge in [0, 0.05) is 18.1 Å². The normalized spacial score (nSPS) is 10.3. The Hall–Kier alpha value is -1.68. The van der Waals surface area contributed by atoms with Gasteiger partial charge in [0.15, 0.2) is 0 Å². The van der Waals surface area contributed by atoms with Gasteiger partial charge in [-0.05, 0) is 35.4 Å². The van der Waals surface area contributed by atoms with E-state index < -0.39 is 0 Å². The zero-order chi connectivity index (χ0) is 14.5. The molecule has 0 unspecified atom stereocenters. The summed E-state index contributed by atoms with van der Waals surface area (Å²) < 4.78 is 13.8. The second-order valence-electron chi connectivity index (χ2n) is 4.68. The Morgan fingerprint density at radius 3 is 2.20 bits per heavy atom. The highest BCUT2D eigenvalue weighted by Gasteiger charge is 2.10. The summed E-state index contributed by atoms with van der Waals surface area (Å²) in [5.41, 5.74) is 1.89. The average molecular weight is 336 g/mol. The van der Waals surface area contributed by atoms with Gasteiger partial charge >= 0.3 is 0 Å². The van der Waals surface area contributed by atoms with Crippen LogP contribution in [0.1, 0.15) is 11.1 Å². The van der Waals surface area contributed by atoms with Gasteiger partial charge in [-0.15, -0.1) is 0 Å². The molecule has 0 radical (unpaired) electrons. The van der Waals surface area contributed by atoms with Crippen LogP contribution in [0.3, 0.4) is 0 Å². The molecule has 0 spiro atoms. The van der Waals surface area contributed by atoms with Crippen molar-refractivity contribution in [2.24, 2.45) is 0 Å². The zero-order valence-electron chi connectivity index (χ0n) is 11.1. The number of carbonyl (C=O) groups is 1. The molecule has 0 bridgehead atoms. The van der Waals surface area contributed by atoms with E-state index in [0.717, 1.165) is 15.6 Å². The molecule has 0 fully saturated rings. The molecule has 2 aromatic carbocycles. The van der Waals surface area contributed by atoms with Crippen molar-refractivity contribution >= 4 is 21.8 Å². The quantitative estimate of drug-likeness (QED) is 0.832. The van der Waals surface area contributed by atoms with Gasteiger partial charge in [-0.1, -0.05) is 40.2 Å². The molecule has 0 aliphatic rings. The van der Waals surface area contributed by atoms with Crippen molar-refractivity contribution in [3.63, 3.8) is 0 Å². The van der Waals surface area contributed by atoms with Crippen molar-refractivity contribution in [2.45, 2.75) is 13.0 Å². The van der Waals surface area contributed by atoms with Gasteiger partial charge < -0.3 is 4.90 Å². The molecule has 0 N–H and O–H groups in total. The van der Waals surface area contributed by atoms with Gasteiger partial charge in [0.25, 0.3) is 0 Å². The molecule has 0 aliphatic carbocycles. The van der Waals surface area contributed by atoms with Crippen molar-refractivity contribution in [2.75, 3.05) is 7.05 Å². The summed E-state index contributed by atoms with van der Waals surface area (Å²) in [6.45, 7) is 0.563. The minimum atomic E-state index is -0.288. The van der Waals surface area contributed by atoms with Crippen LogP contribution in [0.15, 0.2) is 53.0 Å². The van der Waals surface area contributed by atoms with Gasteiger partial charge in [-0.3, -0.25) is 4.79 Å². The standard InChI is InChI=1S/C16H15BrFNO/c1-19(11-13-2-6-14(17)7-3-13)16(20)10-12-4-8-15(18)9-5-12/h2-9H,10-11H2,1H3. The van der Waals surface area contributed by atoms with Gasteiger partial charge in [0.2, 0.25) is 5.91 Å². The minimum Gasteiger partial charge on any atom is -0.341 e. The number of hydrogen-bond donors (Lipinski definition) is 0. The van der Waals surface area contributed by atoms with E-state index >= 15 is 0 Å². The lowest BCUT2D eigenvalue weighted by molar-refractivity contribution is -0.129. The third-order valence-corrected chi connectivity index (χ3v) is 3.56. The van der Waals surface area contributed by atoms with Crippen molar-refractivity contribution in [3.8, 4) is 0 Å². The predicted molar refractivity (Wildman–Crippen MR) is 80.7 cm³/mol. The molecule has 2 aromatic rings. The molecule has 2 nitrogen and oxygen atoms in total. The number of likely N-dealkylation sites (N-methyl/N-ethyl adjacent to an activating group) is 1. The van der Waals surface area contributed by atoms with E-state index in [0.29, 0.717) is 6.54 Å². The molecule has 0 heterocycles. The number of benzene rings is 2. The zero-order valence-corrected chi connectivity index (χ0v) is 12.7. The maximum Gasteiger partial charge on any atom is 0.227 e. The van der Waals surface area contributed by atoms with Crippen LogP contribution in [0, 0.1) is 5.82 Å². The first-order chi connectivity index (χ1) is 9.54. The highest BCUT2D eigenvalue weighted by molar-refractivity contribution is 9.10. The Labute approximate surface area is 126 Å². The molecule has 104 valence electrons. The van der Waals surface area contributed by atoms with E-state index in [1.54, 1.807) is 24.1 Å². The first-order valence-electron chi connectivity index (χ1n) is 6.27. The Morgan fingerprint density at radius 1 is 1.05 bits per heavy atom. The first kappa shape index (κ1) is 14.7. The van der Waals surface area contributed by atoms with Crippen molar-refractivity contribution < 1.29 is 9.18 Å². The maximum absolute atomic E-state index is 12.8. The number of hydrogen-bond acceptors (Lipinski definition) is 1. The van der Waals surface area contributed by atoms with Crippen molar-refractivity contribution in [1.29, 1.82) is 0 Å². The van der Waals surface area contributed by atoms with Gasteiger partial charge in [0.1, 0.15) is 5.82 Å². The molecule has 0 aliphatic heterocycles. The monoisotopic (exact) mass is 335 g/mol. The van der Waals surface area contributed by atoms with E-state index in [-0.39, 0.29) is 18.1 Å². The molecule has 0 saturated carbocycles. The van der Waals surface area contributed by atoms with E-state index in [2.05, 4.69) is 15.9 Å². The third-order valence-electron chi connectivity index (χ3n) is 3.03. The van der Waals surface area contributed by atoms with Crippen molar-refractivity contribution in [3.05, 3.63) is 69.9 Å². The fourth-order valence-corrected chi connectivity index (χ4v) is 2.13. The Kier molecular flexibility index (Phi) is 4.90. The van der Waals surface area contributed by atoms with Gasteiger partial charge in [-0.2, -0.15) is 0 Å². The Bertz CT molecular complexity index is 580. The van der Waals surface area contributed by atoms with Crippen LogP contribution in [0.5, 0.6) is 0 Å². The molecular weight excluding hydrogens is 321 g/mol. The van der Waals surface area contributed by atoms with Crippen LogP contribution in [-0.2, 0) is 17.8 Å². The first-order valence-corrected chi connectivity index (χ1v) is 7.07. The van der Waals surface area contributed by atoms with Crippen LogP contribution in [0.4, 0.5) is 4.39 Å². The highest BCUT2D eigenvalue weighted by Crippen LogP contribution is 2.12. The molecular formula is C16H15BrFNO. The highest BCUT2D eigenvalue weighted by atomic mass is 79.9. The van der Waals surface area contributed by atoms with E-state index in [4.69, 9.17) is 0 Å². The topological polar surface area (TPSA) is 20.3 Å². The van der Waals surface area contributed by atoms with E-state index in [9.17, 15) is 9.18 Å². The average Bonchev–Trinajstić information content (AvgIpc) is 2.44. The molecule has 0 aromatic heterocycles. The van der Waals surface area contributed by atoms with Crippen LogP contribution in [-0.4, -0.2) is 17.9 Å². The number of amides is 1. The van der Waals surface area contributed by atoms with Crippen molar-refractivity contribution in [1.82, 2.24) is 4.90 Å². The second kappa shape index (κ2) is 6.66. The largest absolute Gasteiger partial charge is 0.341 e. The lowest BCUT2D eigenvalue weighted by atomic mass is 10.1. The molecule has 0 saturated heterocycles. The molecule has 1 amide bonds. The third kappa shape index (κ3) is 4.17.